The van der Waals surface area contributed by atoms with Gasteiger partial charge in [0, 0.05) is 25.9 Å². The summed E-state index contributed by atoms with van der Waals surface area (Å²) in [5.74, 6) is 0. The smallest absolute Gasteiger partial charge is 0.410 e. The molecular weight excluding hydrogens is 246 g/mol. The van der Waals surface area contributed by atoms with Crippen LogP contribution in [0.5, 0.6) is 0 Å². The number of carbonyl (C=O) groups excluding carboxylic acids is 1. The molecule has 1 aromatic heterocycles. The number of hydrogen-bond donors (Lipinski definition) is 0. The predicted molar refractivity (Wildman–Crippen MR) is 69.6 cm³/mol. The molecule has 0 N–H and O–H groups in total. The van der Waals surface area contributed by atoms with Crippen molar-refractivity contribution in [1.29, 1.82) is 0 Å². The number of rotatable bonds is 2. The van der Waals surface area contributed by atoms with Gasteiger partial charge in [0.15, 0.2) is 0 Å². The summed E-state index contributed by atoms with van der Waals surface area (Å²) in [6.45, 7) is 6.93. The van der Waals surface area contributed by atoms with Crippen molar-refractivity contribution < 1.29 is 14.4 Å². The molecular formula is C13H21N3O3. The maximum absolute atomic E-state index is 11.9. The minimum Gasteiger partial charge on any atom is -0.444 e. The zero-order chi connectivity index (χ0) is 13.9. The molecule has 106 valence electrons. The van der Waals surface area contributed by atoms with Crippen molar-refractivity contribution >= 4 is 6.09 Å². The van der Waals surface area contributed by atoms with Crippen molar-refractivity contribution in [3.63, 3.8) is 0 Å². The Morgan fingerprint density at radius 1 is 1.32 bits per heavy atom. The molecule has 6 heteroatoms. The van der Waals surface area contributed by atoms with Crippen molar-refractivity contribution in [3.8, 4) is 0 Å². The van der Waals surface area contributed by atoms with Gasteiger partial charge in [0.2, 0.25) is 0 Å². The van der Waals surface area contributed by atoms with Gasteiger partial charge in [0.1, 0.15) is 11.7 Å². The van der Waals surface area contributed by atoms with Gasteiger partial charge >= 0.3 is 6.09 Å². The number of nitrogens with zero attached hydrogens (tertiary/aromatic N) is 3. The number of carbonyl (C=O) groups is 1. The summed E-state index contributed by atoms with van der Waals surface area (Å²) in [7, 11) is 0. The van der Waals surface area contributed by atoms with E-state index in [-0.39, 0.29) is 12.2 Å². The Labute approximate surface area is 113 Å². The molecule has 0 bridgehead atoms. The highest BCUT2D eigenvalue weighted by atomic mass is 16.7. The van der Waals surface area contributed by atoms with Crippen LogP contribution in [-0.4, -0.2) is 45.7 Å². The van der Waals surface area contributed by atoms with Crippen LogP contribution in [0, 0.1) is 0 Å². The summed E-state index contributed by atoms with van der Waals surface area (Å²) >= 11 is 0. The Bertz CT molecular complexity index is 403. The zero-order valence-corrected chi connectivity index (χ0v) is 11.7. The van der Waals surface area contributed by atoms with Gasteiger partial charge in [-0.05, 0) is 26.8 Å². The molecule has 0 spiro atoms. The Hall–Kier alpha value is -1.72. The molecule has 1 aromatic rings. The standard InChI is InChI=1S/C13H21N3O3/c1-13(2,3)18-12(17)15-9-5-11(6-10-15)19-16-8-4-7-14-16/h4,7-8,11H,5-6,9-10H2,1-3H3. The molecule has 0 unspecified atom stereocenters. The van der Waals surface area contributed by atoms with Crippen molar-refractivity contribution in [2.24, 2.45) is 0 Å². The summed E-state index contributed by atoms with van der Waals surface area (Å²) in [6.07, 6.45) is 4.87. The highest BCUT2D eigenvalue weighted by Gasteiger charge is 2.27. The lowest BCUT2D eigenvalue weighted by molar-refractivity contribution is -0.0278. The number of amides is 1. The molecule has 6 nitrogen and oxygen atoms in total. The van der Waals surface area contributed by atoms with E-state index in [2.05, 4.69) is 5.10 Å². The second kappa shape index (κ2) is 5.50. The van der Waals surface area contributed by atoms with Crippen LogP contribution in [-0.2, 0) is 4.74 Å². The molecule has 1 saturated heterocycles. The van der Waals surface area contributed by atoms with Crippen LogP contribution in [0.15, 0.2) is 18.5 Å². The van der Waals surface area contributed by atoms with Gasteiger partial charge in [-0.15, -0.1) is 9.94 Å². The van der Waals surface area contributed by atoms with Crippen LogP contribution < -0.4 is 4.84 Å². The van der Waals surface area contributed by atoms with Gasteiger partial charge < -0.3 is 14.5 Å². The minimum absolute atomic E-state index is 0.0959. The van der Waals surface area contributed by atoms with Gasteiger partial charge in [-0.1, -0.05) is 0 Å². The maximum Gasteiger partial charge on any atom is 0.410 e. The number of piperidine rings is 1. The lowest BCUT2D eigenvalue weighted by Crippen LogP contribution is -2.45. The van der Waals surface area contributed by atoms with E-state index in [1.165, 1.54) is 4.85 Å². The quantitative estimate of drug-likeness (QED) is 0.818. The highest BCUT2D eigenvalue weighted by Crippen LogP contribution is 2.16. The zero-order valence-electron chi connectivity index (χ0n) is 11.7. The molecule has 0 radical (unpaired) electrons. The Balaban J connectivity index is 1.77. The lowest BCUT2D eigenvalue weighted by atomic mass is 10.1. The molecule has 0 atom stereocenters. The summed E-state index contributed by atoms with van der Waals surface area (Å²) in [6, 6.07) is 1.82. The Morgan fingerprint density at radius 2 is 2.00 bits per heavy atom. The van der Waals surface area contributed by atoms with Crippen LogP contribution >= 0.6 is 0 Å². The molecule has 1 aliphatic rings. The maximum atomic E-state index is 11.9. The van der Waals surface area contributed by atoms with E-state index in [1.54, 1.807) is 17.3 Å². The van der Waals surface area contributed by atoms with Crippen LogP contribution in [0.3, 0.4) is 0 Å². The fourth-order valence-corrected chi connectivity index (χ4v) is 1.94. The number of aromatic nitrogens is 2. The first-order valence-electron chi connectivity index (χ1n) is 6.59. The van der Waals surface area contributed by atoms with Crippen LogP contribution in [0.2, 0.25) is 0 Å². The van der Waals surface area contributed by atoms with E-state index in [0.29, 0.717) is 13.1 Å². The molecule has 2 rings (SSSR count). The van der Waals surface area contributed by atoms with E-state index in [4.69, 9.17) is 9.57 Å². The summed E-state index contributed by atoms with van der Waals surface area (Å²) in [5, 5.41) is 4.00. The fraction of sp³-hybridized carbons (Fsp3) is 0.692. The molecule has 2 heterocycles. The third kappa shape index (κ3) is 4.15. The minimum atomic E-state index is -0.445. The molecule has 1 amide bonds. The summed E-state index contributed by atoms with van der Waals surface area (Å²) in [5.41, 5.74) is -0.445. The van der Waals surface area contributed by atoms with Crippen LogP contribution in [0.25, 0.3) is 0 Å². The first-order chi connectivity index (χ1) is 8.94. The second-order valence-corrected chi connectivity index (χ2v) is 5.68. The van der Waals surface area contributed by atoms with Gasteiger partial charge in [-0.3, -0.25) is 0 Å². The van der Waals surface area contributed by atoms with Gasteiger partial charge in [0.25, 0.3) is 0 Å². The fourth-order valence-electron chi connectivity index (χ4n) is 1.94. The van der Waals surface area contributed by atoms with E-state index in [9.17, 15) is 4.79 Å². The molecule has 19 heavy (non-hydrogen) atoms. The summed E-state index contributed by atoms with van der Waals surface area (Å²) < 4.78 is 5.35. The molecule has 1 fully saturated rings. The number of likely N-dealkylation sites (tertiary alicyclic amines) is 1. The molecule has 0 aliphatic carbocycles. The monoisotopic (exact) mass is 267 g/mol. The molecule has 1 aliphatic heterocycles. The lowest BCUT2D eigenvalue weighted by Gasteiger charge is -2.33. The van der Waals surface area contributed by atoms with Crippen molar-refractivity contribution in [1.82, 2.24) is 14.8 Å². The van der Waals surface area contributed by atoms with Crippen molar-refractivity contribution in [2.45, 2.75) is 45.3 Å². The van der Waals surface area contributed by atoms with Gasteiger partial charge in [-0.2, -0.15) is 0 Å². The first-order valence-corrected chi connectivity index (χ1v) is 6.59. The predicted octanol–water partition coefficient (Wildman–Crippen LogP) is 1.71. The third-order valence-corrected chi connectivity index (χ3v) is 2.83. The molecule has 0 aromatic carbocycles. The average Bonchev–Trinajstić information content (AvgIpc) is 2.80. The van der Waals surface area contributed by atoms with E-state index in [1.807, 2.05) is 26.8 Å². The average molecular weight is 267 g/mol. The van der Waals surface area contributed by atoms with Crippen molar-refractivity contribution in [2.75, 3.05) is 13.1 Å². The highest BCUT2D eigenvalue weighted by molar-refractivity contribution is 5.68. The summed E-state index contributed by atoms with van der Waals surface area (Å²) in [4.78, 5) is 20.7. The van der Waals surface area contributed by atoms with Crippen LogP contribution in [0.1, 0.15) is 33.6 Å². The Kier molecular flexibility index (Phi) is 3.97. The topological polar surface area (TPSA) is 56.6 Å². The first kappa shape index (κ1) is 13.7. The largest absolute Gasteiger partial charge is 0.444 e. The SMILES string of the molecule is CC(C)(C)OC(=O)N1CCC(On2cccn2)CC1. The van der Waals surface area contributed by atoms with Gasteiger partial charge in [0.05, 0.1) is 12.4 Å². The van der Waals surface area contributed by atoms with Crippen molar-refractivity contribution in [3.05, 3.63) is 18.5 Å². The number of hydrogen-bond acceptors (Lipinski definition) is 4. The third-order valence-electron chi connectivity index (χ3n) is 2.83. The molecule has 0 saturated carbocycles. The number of ether oxygens (including phenoxy) is 1. The van der Waals surface area contributed by atoms with E-state index >= 15 is 0 Å². The normalized spacial score (nSPS) is 17.3. The van der Waals surface area contributed by atoms with Gasteiger partial charge in [-0.25, -0.2) is 4.79 Å². The Morgan fingerprint density at radius 3 is 2.53 bits per heavy atom. The second-order valence-electron chi connectivity index (χ2n) is 5.68. The van der Waals surface area contributed by atoms with E-state index < -0.39 is 5.60 Å². The van der Waals surface area contributed by atoms with E-state index in [0.717, 1.165) is 12.8 Å². The van der Waals surface area contributed by atoms with Crippen LogP contribution in [0.4, 0.5) is 4.79 Å².